The SMILES string of the molecule is CC1OC(C(=O)O)C(C)(C)C1(C)C. The normalized spacial score (nSPS) is 36.1. The average Bonchev–Trinajstić information content (AvgIpc) is 2.10. The maximum Gasteiger partial charge on any atom is 0.333 e. The highest BCUT2D eigenvalue weighted by Crippen LogP contribution is 2.52. The first-order valence-corrected chi connectivity index (χ1v) is 4.59. The number of aliphatic carboxylic acids is 1. The third-order valence-electron chi connectivity index (χ3n) is 3.90. The number of carbonyl (C=O) groups is 1. The van der Waals surface area contributed by atoms with E-state index in [2.05, 4.69) is 13.8 Å². The van der Waals surface area contributed by atoms with Crippen LogP contribution in [0.1, 0.15) is 34.6 Å². The van der Waals surface area contributed by atoms with Crippen LogP contribution in [0.25, 0.3) is 0 Å². The standard InChI is InChI=1S/C10H18O3/c1-6-9(2,3)10(4,5)7(13-6)8(11)12/h6-7H,1-5H3,(H,11,12). The molecule has 0 aromatic carbocycles. The van der Waals surface area contributed by atoms with Gasteiger partial charge in [0.2, 0.25) is 0 Å². The van der Waals surface area contributed by atoms with Gasteiger partial charge in [0.05, 0.1) is 6.10 Å². The molecule has 0 saturated carbocycles. The summed E-state index contributed by atoms with van der Waals surface area (Å²) in [6, 6.07) is 0. The lowest BCUT2D eigenvalue weighted by atomic mass is 9.65. The molecular formula is C10H18O3. The number of ether oxygens (including phenoxy) is 1. The van der Waals surface area contributed by atoms with Crippen LogP contribution in [0.2, 0.25) is 0 Å². The molecule has 1 N–H and O–H groups in total. The molecule has 3 heteroatoms. The van der Waals surface area contributed by atoms with E-state index < -0.39 is 12.1 Å². The van der Waals surface area contributed by atoms with Gasteiger partial charge in [0.15, 0.2) is 6.10 Å². The van der Waals surface area contributed by atoms with Gasteiger partial charge in [-0.25, -0.2) is 4.79 Å². The summed E-state index contributed by atoms with van der Waals surface area (Å²) < 4.78 is 5.45. The molecule has 1 rings (SSSR count). The number of carboxylic acids is 1. The zero-order chi connectivity index (χ0) is 10.4. The van der Waals surface area contributed by atoms with Gasteiger partial charge in [0.1, 0.15) is 0 Å². The maximum atomic E-state index is 10.9. The van der Waals surface area contributed by atoms with Crippen LogP contribution in [0, 0.1) is 10.8 Å². The van der Waals surface area contributed by atoms with E-state index in [1.165, 1.54) is 0 Å². The Labute approximate surface area is 79.1 Å². The fourth-order valence-electron chi connectivity index (χ4n) is 1.77. The van der Waals surface area contributed by atoms with Crippen molar-refractivity contribution in [1.82, 2.24) is 0 Å². The van der Waals surface area contributed by atoms with Crippen molar-refractivity contribution in [2.75, 3.05) is 0 Å². The molecule has 2 unspecified atom stereocenters. The Balaban J connectivity index is 3.04. The van der Waals surface area contributed by atoms with Crippen molar-refractivity contribution in [1.29, 1.82) is 0 Å². The summed E-state index contributed by atoms with van der Waals surface area (Å²) in [7, 11) is 0. The first-order valence-electron chi connectivity index (χ1n) is 4.59. The summed E-state index contributed by atoms with van der Waals surface area (Å²) >= 11 is 0. The molecule has 3 nitrogen and oxygen atoms in total. The van der Waals surface area contributed by atoms with Crippen LogP contribution in [-0.2, 0) is 9.53 Å². The van der Waals surface area contributed by atoms with E-state index in [1.54, 1.807) is 0 Å². The number of carboxylic acid groups (broad SMARTS) is 1. The van der Waals surface area contributed by atoms with Crippen molar-refractivity contribution >= 4 is 5.97 Å². The van der Waals surface area contributed by atoms with E-state index in [0.29, 0.717) is 0 Å². The lowest BCUT2D eigenvalue weighted by Gasteiger charge is -2.36. The predicted molar refractivity (Wildman–Crippen MR) is 49.5 cm³/mol. The molecule has 2 atom stereocenters. The summed E-state index contributed by atoms with van der Waals surface area (Å²) in [6.07, 6.45) is -0.693. The monoisotopic (exact) mass is 186 g/mol. The fourth-order valence-corrected chi connectivity index (χ4v) is 1.77. The molecule has 0 amide bonds. The molecule has 76 valence electrons. The smallest absolute Gasteiger partial charge is 0.333 e. The Morgan fingerprint density at radius 1 is 1.23 bits per heavy atom. The van der Waals surface area contributed by atoms with Crippen molar-refractivity contribution in [3.8, 4) is 0 Å². The van der Waals surface area contributed by atoms with Crippen LogP contribution in [0.3, 0.4) is 0 Å². The number of hydrogen-bond acceptors (Lipinski definition) is 2. The van der Waals surface area contributed by atoms with E-state index in [4.69, 9.17) is 9.84 Å². The summed E-state index contributed by atoms with van der Waals surface area (Å²) in [6.45, 7) is 9.95. The minimum Gasteiger partial charge on any atom is -0.479 e. The van der Waals surface area contributed by atoms with Gasteiger partial charge in [0, 0.05) is 5.41 Å². The van der Waals surface area contributed by atoms with Crippen LogP contribution in [0.4, 0.5) is 0 Å². The van der Waals surface area contributed by atoms with Gasteiger partial charge >= 0.3 is 5.97 Å². The highest BCUT2D eigenvalue weighted by molar-refractivity contribution is 5.74. The zero-order valence-electron chi connectivity index (χ0n) is 8.92. The Morgan fingerprint density at radius 3 is 1.85 bits per heavy atom. The maximum absolute atomic E-state index is 10.9. The topological polar surface area (TPSA) is 46.5 Å². The van der Waals surface area contributed by atoms with Crippen LogP contribution in [-0.4, -0.2) is 23.3 Å². The van der Waals surface area contributed by atoms with Gasteiger partial charge < -0.3 is 9.84 Å². The van der Waals surface area contributed by atoms with Crippen LogP contribution in [0.15, 0.2) is 0 Å². The van der Waals surface area contributed by atoms with E-state index in [0.717, 1.165) is 0 Å². The summed E-state index contributed by atoms with van der Waals surface area (Å²) in [5, 5.41) is 8.97. The number of rotatable bonds is 1. The van der Waals surface area contributed by atoms with E-state index in [-0.39, 0.29) is 16.9 Å². The lowest BCUT2D eigenvalue weighted by Crippen LogP contribution is -2.41. The molecule has 0 bridgehead atoms. The van der Waals surface area contributed by atoms with Crippen LogP contribution < -0.4 is 0 Å². The molecule has 0 spiro atoms. The second kappa shape index (κ2) is 2.71. The molecule has 1 aliphatic rings. The van der Waals surface area contributed by atoms with Gasteiger partial charge in [-0.05, 0) is 12.3 Å². The molecule has 0 aromatic rings. The molecule has 1 aliphatic heterocycles. The molecular weight excluding hydrogens is 168 g/mol. The van der Waals surface area contributed by atoms with Crippen LogP contribution >= 0.6 is 0 Å². The van der Waals surface area contributed by atoms with Gasteiger partial charge in [-0.2, -0.15) is 0 Å². The Morgan fingerprint density at radius 2 is 1.69 bits per heavy atom. The molecule has 1 fully saturated rings. The van der Waals surface area contributed by atoms with Gasteiger partial charge in [-0.1, -0.05) is 27.7 Å². The second-order valence-corrected chi connectivity index (χ2v) is 4.94. The van der Waals surface area contributed by atoms with E-state index in [9.17, 15) is 4.79 Å². The van der Waals surface area contributed by atoms with Crippen molar-refractivity contribution in [3.05, 3.63) is 0 Å². The van der Waals surface area contributed by atoms with Crippen molar-refractivity contribution < 1.29 is 14.6 Å². The average molecular weight is 186 g/mol. The van der Waals surface area contributed by atoms with Gasteiger partial charge in [-0.3, -0.25) is 0 Å². The first-order chi connectivity index (χ1) is 5.71. The second-order valence-electron chi connectivity index (χ2n) is 4.94. The third-order valence-corrected chi connectivity index (χ3v) is 3.90. The third kappa shape index (κ3) is 1.26. The lowest BCUT2D eigenvalue weighted by molar-refractivity contribution is -0.153. The van der Waals surface area contributed by atoms with E-state index >= 15 is 0 Å². The molecule has 0 radical (unpaired) electrons. The predicted octanol–water partition coefficient (Wildman–Crippen LogP) is 1.91. The highest BCUT2D eigenvalue weighted by atomic mass is 16.5. The molecule has 1 heterocycles. The largest absolute Gasteiger partial charge is 0.479 e. The van der Waals surface area contributed by atoms with Gasteiger partial charge in [-0.15, -0.1) is 0 Å². The molecule has 0 aromatic heterocycles. The first kappa shape index (κ1) is 10.5. The molecule has 13 heavy (non-hydrogen) atoms. The minimum absolute atomic E-state index is 0.0106. The minimum atomic E-state index is -0.859. The Bertz CT molecular complexity index is 230. The Hall–Kier alpha value is -0.570. The quantitative estimate of drug-likeness (QED) is 0.680. The van der Waals surface area contributed by atoms with Crippen LogP contribution in [0.5, 0.6) is 0 Å². The highest BCUT2D eigenvalue weighted by Gasteiger charge is 2.57. The summed E-state index contributed by atoms with van der Waals surface area (Å²) in [5.41, 5.74) is -0.422. The van der Waals surface area contributed by atoms with Crippen molar-refractivity contribution in [2.45, 2.75) is 46.8 Å². The summed E-state index contributed by atoms with van der Waals surface area (Å²) in [4.78, 5) is 10.9. The molecule has 1 saturated heterocycles. The van der Waals surface area contributed by atoms with Crippen molar-refractivity contribution in [3.63, 3.8) is 0 Å². The van der Waals surface area contributed by atoms with Crippen molar-refractivity contribution in [2.24, 2.45) is 10.8 Å². The summed E-state index contributed by atoms with van der Waals surface area (Å²) in [5.74, 6) is -0.859. The van der Waals surface area contributed by atoms with Gasteiger partial charge in [0.25, 0.3) is 0 Å². The zero-order valence-corrected chi connectivity index (χ0v) is 8.92. The molecule has 0 aliphatic carbocycles. The fraction of sp³-hybridized carbons (Fsp3) is 0.900. The number of hydrogen-bond donors (Lipinski definition) is 1. The van der Waals surface area contributed by atoms with E-state index in [1.807, 2.05) is 20.8 Å². The Kier molecular flexibility index (Phi) is 2.19.